The number of piperidine rings is 1. The van der Waals surface area contributed by atoms with Crippen LogP contribution in [0.3, 0.4) is 0 Å². The lowest BCUT2D eigenvalue weighted by atomic mass is 9.81. The summed E-state index contributed by atoms with van der Waals surface area (Å²) in [4.78, 5) is 31.3. The number of likely N-dealkylation sites (tertiary alicyclic amines) is 1. The predicted octanol–water partition coefficient (Wildman–Crippen LogP) is 5.22. The van der Waals surface area contributed by atoms with Crippen molar-refractivity contribution in [2.45, 2.75) is 23.5 Å². The molecule has 0 amide bonds. The molecule has 1 aromatic carbocycles. The first-order chi connectivity index (χ1) is 16.5. The molecule has 1 saturated heterocycles. The first-order valence-electron chi connectivity index (χ1n) is 11.2. The minimum absolute atomic E-state index is 0.00110. The standard InChI is InChI=1S/C25H27FN2O4S2/c1-32-17-5-6-21-18(13-17)24(20(26)14-27-21)22(29)7-4-16-8-9-28(15-19(16)25(30)31)10-12-34-23-3-2-11-33-23/h2-3,5-6,11,13-14,16,19H,4,7-10,12,15H2,1H3,(H,30,31). The van der Waals surface area contributed by atoms with Crippen LogP contribution in [0.25, 0.3) is 10.9 Å². The molecule has 3 aromatic rings. The van der Waals surface area contributed by atoms with Crippen LogP contribution in [0.5, 0.6) is 5.75 Å². The van der Waals surface area contributed by atoms with Gasteiger partial charge in [-0.05, 0) is 54.9 Å². The van der Waals surface area contributed by atoms with Crippen molar-refractivity contribution in [2.24, 2.45) is 11.8 Å². The lowest BCUT2D eigenvalue weighted by Gasteiger charge is -2.36. The van der Waals surface area contributed by atoms with Crippen LogP contribution < -0.4 is 4.74 Å². The number of benzene rings is 1. The topological polar surface area (TPSA) is 79.7 Å². The van der Waals surface area contributed by atoms with E-state index < -0.39 is 17.7 Å². The number of fused-ring (bicyclic) bond motifs is 1. The summed E-state index contributed by atoms with van der Waals surface area (Å²) >= 11 is 3.49. The highest BCUT2D eigenvalue weighted by Crippen LogP contribution is 2.31. The van der Waals surface area contributed by atoms with E-state index in [4.69, 9.17) is 4.74 Å². The Hall–Kier alpha value is -2.49. The number of thioether (sulfide) groups is 1. The minimum Gasteiger partial charge on any atom is -0.497 e. The second-order valence-electron chi connectivity index (χ2n) is 8.40. The lowest BCUT2D eigenvalue weighted by Crippen LogP contribution is -2.44. The van der Waals surface area contributed by atoms with E-state index in [9.17, 15) is 19.1 Å². The molecule has 1 aliphatic heterocycles. The van der Waals surface area contributed by atoms with E-state index in [1.807, 2.05) is 11.4 Å². The number of aliphatic carboxylic acids is 1. The average molecular weight is 503 g/mol. The number of hydrogen-bond acceptors (Lipinski definition) is 7. The zero-order valence-corrected chi connectivity index (χ0v) is 20.5. The number of ether oxygens (including phenoxy) is 1. The molecule has 2 unspecified atom stereocenters. The van der Waals surface area contributed by atoms with Gasteiger partial charge in [0.1, 0.15) is 5.75 Å². The molecule has 1 aliphatic rings. The highest BCUT2D eigenvalue weighted by Gasteiger charge is 2.34. The average Bonchev–Trinajstić information content (AvgIpc) is 3.36. The van der Waals surface area contributed by atoms with Gasteiger partial charge in [-0.3, -0.25) is 14.6 Å². The van der Waals surface area contributed by atoms with Gasteiger partial charge in [-0.15, -0.1) is 23.1 Å². The highest BCUT2D eigenvalue weighted by atomic mass is 32.2. The first kappa shape index (κ1) is 24.6. The van der Waals surface area contributed by atoms with Gasteiger partial charge in [0.2, 0.25) is 0 Å². The van der Waals surface area contributed by atoms with E-state index in [1.165, 1.54) is 11.3 Å². The third kappa shape index (κ3) is 5.76. The maximum Gasteiger partial charge on any atom is 0.308 e. The largest absolute Gasteiger partial charge is 0.497 e. The van der Waals surface area contributed by atoms with Crippen molar-refractivity contribution >= 4 is 45.8 Å². The van der Waals surface area contributed by atoms with Crippen LogP contribution in [0, 0.1) is 17.7 Å². The van der Waals surface area contributed by atoms with E-state index in [1.54, 1.807) is 41.3 Å². The number of hydrogen-bond donors (Lipinski definition) is 1. The summed E-state index contributed by atoms with van der Waals surface area (Å²) in [5.74, 6) is -1.06. The maximum absolute atomic E-state index is 14.6. The number of halogens is 1. The molecule has 0 saturated carbocycles. The molecule has 2 aromatic heterocycles. The number of rotatable bonds is 10. The van der Waals surface area contributed by atoms with Gasteiger partial charge in [0.05, 0.1) is 34.5 Å². The Morgan fingerprint density at radius 1 is 1.35 bits per heavy atom. The van der Waals surface area contributed by atoms with E-state index in [2.05, 4.69) is 16.0 Å². The molecular formula is C25H27FN2O4S2. The highest BCUT2D eigenvalue weighted by molar-refractivity contribution is 8.01. The maximum atomic E-state index is 14.6. The van der Waals surface area contributed by atoms with Gasteiger partial charge in [-0.25, -0.2) is 4.39 Å². The fraction of sp³-hybridized carbons (Fsp3) is 0.400. The summed E-state index contributed by atoms with van der Waals surface area (Å²) in [5.41, 5.74) is 0.515. The van der Waals surface area contributed by atoms with Crippen LogP contribution in [-0.4, -0.2) is 59.2 Å². The Morgan fingerprint density at radius 2 is 2.21 bits per heavy atom. The van der Waals surface area contributed by atoms with Crippen molar-refractivity contribution in [3.8, 4) is 5.75 Å². The Kier molecular flexibility index (Phi) is 8.18. The molecule has 3 heterocycles. The van der Waals surface area contributed by atoms with Crippen LogP contribution in [-0.2, 0) is 4.79 Å². The van der Waals surface area contributed by atoms with E-state index in [-0.39, 0.29) is 23.7 Å². The number of aromatic nitrogens is 1. The molecule has 6 nitrogen and oxygen atoms in total. The molecule has 0 radical (unpaired) electrons. The van der Waals surface area contributed by atoms with Crippen LogP contribution in [0.2, 0.25) is 0 Å². The summed E-state index contributed by atoms with van der Waals surface area (Å²) in [6.45, 7) is 2.11. The van der Waals surface area contributed by atoms with Crippen molar-refractivity contribution in [3.05, 3.63) is 53.3 Å². The SMILES string of the molecule is COc1ccc2ncc(F)c(C(=O)CCC3CCN(CCSc4cccs4)CC3C(=O)O)c2c1. The van der Waals surface area contributed by atoms with Gasteiger partial charge < -0.3 is 14.7 Å². The molecule has 0 bridgehead atoms. The van der Waals surface area contributed by atoms with E-state index >= 15 is 0 Å². The van der Waals surface area contributed by atoms with Gasteiger partial charge in [-0.1, -0.05) is 6.07 Å². The summed E-state index contributed by atoms with van der Waals surface area (Å²) in [7, 11) is 1.51. The van der Waals surface area contributed by atoms with Crippen LogP contribution in [0.1, 0.15) is 29.6 Å². The third-order valence-electron chi connectivity index (χ3n) is 6.35. The van der Waals surface area contributed by atoms with Crippen LogP contribution in [0.15, 0.2) is 46.1 Å². The summed E-state index contributed by atoms with van der Waals surface area (Å²) in [6.07, 6.45) is 2.28. The molecule has 1 N–H and O–H groups in total. The van der Waals surface area contributed by atoms with Crippen molar-refractivity contribution < 1.29 is 23.8 Å². The quantitative estimate of drug-likeness (QED) is 0.301. The van der Waals surface area contributed by atoms with Crippen molar-refractivity contribution in [1.29, 1.82) is 0 Å². The van der Waals surface area contributed by atoms with Crippen LogP contribution in [0.4, 0.5) is 4.39 Å². The van der Waals surface area contributed by atoms with Gasteiger partial charge in [-0.2, -0.15) is 0 Å². The zero-order chi connectivity index (χ0) is 24.1. The normalized spacial score (nSPS) is 18.8. The molecular weight excluding hydrogens is 475 g/mol. The van der Waals surface area contributed by atoms with Gasteiger partial charge >= 0.3 is 5.97 Å². The van der Waals surface area contributed by atoms with Crippen molar-refractivity contribution in [1.82, 2.24) is 9.88 Å². The number of carbonyl (C=O) groups excluding carboxylic acids is 1. The fourth-order valence-electron chi connectivity index (χ4n) is 4.52. The third-order valence-corrected chi connectivity index (χ3v) is 8.47. The van der Waals surface area contributed by atoms with Crippen molar-refractivity contribution in [2.75, 3.05) is 32.5 Å². The number of methoxy groups -OCH3 is 1. The Morgan fingerprint density at radius 3 is 2.94 bits per heavy atom. The molecule has 1 fully saturated rings. The molecule has 180 valence electrons. The van der Waals surface area contributed by atoms with Gasteiger partial charge in [0, 0.05) is 30.6 Å². The van der Waals surface area contributed by atoms with Gasteiger partial charge in [0.15, 0.2) is 11.6 Å². The molecule has 2 atom stereocenters. The Bertz CT molecular complexity index is 1160. The molecule has 0 spiro atoms. The summed E-state index contributed by atoms with van der Waals surface area (Å²) < 4.78 is 21.1. The minimum atomic E-state index is -0.835. The molecule has 0 aliphatic carbocycles. The molecule has 9 heteroatoms. The van der Waals surface area contributed by atoms with E-state index in [0.29, 0.717) is 36.0 Å². The molecule has 34 heavy (non-hydrogen) atoms. The number of nitrogens with zero attached hydrogens (tertiary/aromatic N) is 2. The predicted molar refractivity (Wildman–Crippen MR) is 133 cm³/mol. The van der Waals surface area contributed by atoms with Crippen molar-refractivity contribution in [3.63, 3.8) is 0 Å². The number of Topliss-reactive ketones (excluding diaryl/α,β-unsaturated/α-hetero) is 1. The monoisotopic (exact) mass is 502 g/mol. The first-order valence-corrected chi connectivity index (χ1v) is 13.1. The summed E-state index contributed by atoms with van der Waals surface area (Å²) in [6, 6.07) is 9.13. The molecule has 4 rings (SSSR count). The smallest absolute Gasteiger partial charge is 0.308 e. The number of ketones is 1. The Balaban J connectivity index is 1.38. The number of thiophene rings is 1. The second kappa shape index (κ2) is 11.3. The summed E-state index contributed by atoms with van der Waals surface area (Å²) in [5, 5.41) is 12.3. The Labute approximate surface area is 206 Å². The zero-order valence-electron chi connectivity index (χ0n) is 18.9. The van der Waals surface area contributed by atoms with E-state index in [0.717, 1.165) is 25.0 Å². The van der Waals surface area contributed by atoms with Crippen LogP contribution >= 0.6 is 23.1 Å². The number of pyridine rings is 1. The number of carboxylic acids is 1. The van der Waals surface area contributed by atoms with Gasteiger partial charge in [0.25, 0.3) is 0 Å². The lowest BCUT2D eigenvalue weighted by molar-refractivity contribution is -0.146. The number of carboxylic acid groups (broad SMARTS) is 1. The fourth-order valence-corrected chi connectivity index (χ4v) is 6.38. The second-order valence-corrected chi connectivity index (χ2v) is 10.7. The number of carbonyl (C=O) groups is 2.